The molecule has 0 radical (unpaired) electrons. The van der Waals surface area contributed by atoms with Crippen LogP contribution in [-0.2, 0) is 29.3 Å². The van der Waals surface area contributed by atoms with Crippen molar-refractivity contribution in [2.75, 3.05) is 13.2 Å². The van der Waals surface area contributed by atoms with E-state index in [1.165, 1.54) is 12.1 Å². The fraction of sp³-hybridized carbons (Fsp3) is 0.368. The largest absolute Gasteiger partial charge is 0.416 e. The van der Waals surface area contributed by atoms with Gasteiger partial charge in [0.25, 0.3) is 0 Å². The number of alkyl halides is 6. The first-order chi connectivity index (χ1) is 13.3. The third-order valence-corrected chi connectivity index (χ3v) is 4.20. The summed E-state index contributed by atoms with van der Waals surface area (Å²) in [7, 11) is 0. The van der Waals surface area contributed by atoms with Crippen molar-refractivity contribution in [1.82, 2.24) is 0 Å². The number of ether oxygens (including phenoxy) is 1. The van der Waals surface area contributed by atoms with Gasteiger partial charge in [-0.25, -0.2) is 4.39 Å². The van der Waals surface area contributed by atoms with E-state index in [4.69, 9.17) is 10.5 Å². The first-order valence-corrected chi connectivity index (χ1v) is 8.40. The summed E-state index contributed by atoms with van der Waals surface area (Å²) in [6.07, 6.45) is -9.95. The molecule has 1 unspecified atom stereocenters. The standard InChI is InChI=1S/C19H18F7NO2/c20-16-3-1-13(2-4-16)17(28,5-6-27)11-29-10-12-7-14(18(21,22)23)9-15(8-12)19(24,25)26/h1-4,7-9,28H,5-6,10-11,27H2. The molecule has 3 N–H and O–H groups in total. The molecule has 0 saturated heterocycles. The molecule has 0 fully saturated rings. The second-order valence-corrected chi connectivity index (χ2v) is 6.48. The lowest BCUT2D eigenvalue weighted by molar-refractivity contribution is -0.143. The minimum absolute atomic E-state index is 0.0129. The zero-order valence-corrected chi connectivity index (χ0v) is 14.9. The van der Waals surface area contributed by atoms with Crippen molar-refractivity contribution in [2.24, 2.45) is 5.73 Å². The molecule has 2 aromatic rings. The third kappa shape index (κ3) is 6.15. The summed E-state index contributed by atoms with van der Waals surface area (Å²) in [4.78, 5) is 0. The maximum atomic E-state index is 13.1. The molecule has 160 valence electrons. The summed E-state index contributed by atoms with van der Waals surface area (Å²) in [5.74, 6) is -0.548. The summed E-state index contributed by atoms with van der Waals surface area (Å²) in [5, 5.41) is 10.7. The van der Waals surface area contributed by atoms with E-state index in [9.17, 15) is 35.8 Å². The minimum Gasteiger partial charge on any atom is -0.383 e. The van der Waals surface area contributed by atoms with E-state index in [-0.39, 0.29) is 30.2 Å². The highest BCUT2D eigenvalue weighted by atomic mass is 19.4. The quantitative estimate of drug-likeness (QED) is 0.637. The van der Waals surface area contributed by atoms with Gasteiger partial charge in [-0.2, -0.15) is 26.3 Å². The van der Waals surface area contributed by atoms with Gasteiger partial charge >= 0.3 is 12.4 Å². The van der Waals surface area contributed by atoms with Crippen molar-refractivity contribution >= 4 is 0 Å². The van der Waals surface area contributed by atoms with Crippen LogP contribution in [0.1, 0.15) is 28.7 Å². The van der Waals surface area contributed by atoms with Gasteiger partial charge < -0.3 is 15.6 Å². The molecule has 2 rings (SSSR count). The number of aliphatic hydroxyl groups is 1. The Bertz CT molecular complexity index is 787. The van der Waals surface area contributed by atoms with E-state index < -0.39 is 48.1 Å². The Labute approximate surface area is 161 Å². The molecule has 0 saturated carbocycles. The van der Waals surface area contributed by atoms with E-state index in [1.54, 1.807) is 0 Å². The molecule has 0 aliphatic carbocycles. The molecule has 2 aromatic carbocycles. The molecule has 3 nitrogen and oxygen atoms in total. The first-order valence-electron chi connectivity index (χ1n) is 8.40. The van der Waals surface area contributed by atoms with Gasteiger partial charge in [0, 0.05) is 0 Å². The van der Waals surface area contributed by atoms with Crippen molar-refractivity contribution in [3.8, 4) is 0 Å². The van der Waals surface area contributed by atoms with Crippen LogP contribution >= 0.6 is 0 Å². The molecule has 1 atom stereocenters. The normalized spacial score (nSPS) is 14.7. The zero-order valence-electron chi connectivity index (χ0n) is 14.9. The lowest BCUT2D eigenvalue weighted by Crippen LogP contribution is -2.34. The number of hydrogen-bond acceptors (Lipinski definition) is 3. The highest BCUT2D eigenvalue weighted by Crippen LogP contribution is 2.36. The second-order valence-electron chi connectivity index (χ2n) is 6.48. The van der Waals surface area contributed by atoms with E-state index in [0.29, 0.717) is 12.1 Å². The van der Waals surface area contributed by atoms with Crippen LogP contribution in [0.3, 0.4) is 0 Å². The van der Waals surface area contributed by atoms with Gasteiger partial charge in [0.05, 0.1) is 24.3 Å². The molecular formula is C19H18F7NO2. The second kappa shape index (κ2) is 8.68. The van der Waals surface area contributed by atoms with Gasteiger partial charge in [0.2, 0.25) is 0 Å². The third-order valence-electron chi connectivity index (χ3n) is 4.20. The molecule has 0 spiro atoms. The van der Waals surface area contributed by atoms with Crippen LogP contribution in [0.2, 0.25) is 0 Å². The monoisotopic (exact) mass is 425 g/mol. The van der Waals surface area contributed by atoms with Crippen LogP contribution in [0.4, 0.5) is 30.7 Å². The van der Waals surface area contributed by atoms with Crippen molar-refractivity contribution in [2.45, 2.75) is 31.0 Å². The van der Waals surface area contributed by atoms with Gasteiger partial charge in [-0.15, -0.1) is 0 Å². The van der Waals surface area contributed by atoms with Crippen molar-refractivity contribution in [3.05, 3.63) is 70.5 Å². The molecule has 0 aliphatic rings. The average Bonchev–Trinajstić information content (AvgIpc) is 2.60. The van der Waals surface area contributed by atoms with Gasteiger partial charge in [-0.05, 0) is 54.4 Å². The first kappa shape index (κ1) is 23.1. The minimum atomic E-state index is -4.97. The highest BCUT2D eigenvalue weighted by molar-refractivity contribution is 5.33. The topological polar surface area (TPSA) is 55.5 Å². The molecular weight excluding hydrogens is 407 g/mol. The summed E-state index contributed by atoms with van der Waals surface area (Å²) in [6, 6.07) is 5.90. The van der Waals surface area contributed by atoms with Gasteiger partial charge in [-0.1, -0.05) is 12.1 Å². The van der Waals surface area contributed by atoms with Crippen LogP contribution in [0.15, 0.2) is 42.5 Å². The van der Waals surface area contributed by atoms with E-state index in [1.807, 2.05) is 0 Å². The maximum absolute atomic E-state index is 13.1. The SMILES string of the molecule is NCCC(O)(COCc1cc(C(F)(F)F)cc(C(F)(F)F)c1)c1ccc(F)cc1. The molecule has 0 aromatic heterocycles. The van der Waals surface area contributed by atoms with Crippen LogP contribution in [0.25, 0.3) is 0 Å². The Kier molecular flexibility index (Phi) is 6.92. The smallest absolute Gasteiger partial charge is 0.383 e. The molecule has 0 aliphatic heterocycles. The van der Waals surface area contributed by atoms with E-state index >= 15 is 0 Å². The van der Waals surface area contributed by atoms with Crippen LogP contribution < -0.4 is 5.73 Å². The van der Waals surface area contributed by atoms with Gasteiger partial charge in [-0.3, -0.25) is 0 Å². The number of nitrogens with two attached hydrogens (primary N) is 1. The lowest BCUT2D eigenvalue weighted by atomic mass is 9.91. The highest BCUT2D eigenvalue weighted by Gasteiger charge is 2.37. The Morgan fingerprint density at radius 3 is 1.79 bits per heavy atom. The maximum Gasteiger partial charge on any atom is 0.416 e. The van der Waals surface area contributed by atoms with Crippen molar-refractivity contribution in [1.29, 1.82) is 0 Å². The number of halogens is 7. The summed E-state index contributed by atoms with van der Waals surface area (Å²) in [6.45, 7) is -1.06. The molecule has 10 heteroatoms. The fourth-order valence-corrected chi connectivity index (χ4v) is 2.74. The van der Waals surface area contributed by atoms with Gasteiger partial charge in [0.15, 0.2) is 0 Å². The molecule has 29 heavy (non-hydrogen) atoms. The summed E-state index contributed by atoms with van der Waals surface area (Å²) >= 11 is 0. The van der Waals surface area contributed by atoms with Crippen LogP contribution in [0, 0.1) is 5.82 Å². The Morgan fingerprint density at radius 2 is 1.34 bits per heavy atom. The Morgan fingerprint density at radius 1 is 0.828 bits per heavy atom. The summed E-state index contributed by atoms with van der Waals surface area (Å²) in [5.41, 5.74) is 0.758. The van der Waals surface area contributed by atoms with Gasteiger partial charge in [0.1, 0.15) is 11.4 Å². The lowest BCUT2D eigenvalue weighted by Gasteiger charge is -2.28. The number of rotatable bonds is 7. The zero-order chi connectivity index (χ0) is 21.9. The Balaban J connectivity index is 2.22. The molecule has 0 heterocycles. The number of benzene rings is 2. The molecule has 0 bridgehead atoms. The predicted octanol–water partition coefficient (Wildman–Crippen LogP) is 4.62. The fourth-order valence-electron chi connectivity index (χ4n) is 2.74. The van der Waals surface area contributed by atoms with Crippen LogP contribution in [0.5, 0.6) is 0 Å². The summed E-state index contributed by atoms with van der Waals surface area (Å²) < 4.78 is 95.8. The molecule has 0 amide bonds. The average molecular weight is 425 g/mol. The number of hydrogen-bond donors (Lipinski definition) is 2. The van der Waals surface area contributed by atoms with Crippen molar-refractivity contribution < 1.29 is 40.6 Å². The van der Waals surface area contributed by atoms with Crippen molar-refractivity contribution in [3.63, 3.8) is 0 Å². The predicted molar refractivity (Wildman–Crippen MR) is 90.1 cm³/mol. The van der Waals surface area contributed by atoms with E-state index in [2.05, 4.69) is 0 Å². The Hall–Kier alpha value is -2.17. The van der Waals surface area contributed by atoms with Crippen LogP contribution in [-0.4, -0.2) is 18.3 Å². The van der Waals surface area contributed by atoms with E-state index in [0.717, 1.165) is 12.1 Å².